The SMILES string of the molecule is COc1cc(Cl)c(OC)c(C2(N=C=O)CCC2)c1OC. The highest BCUT2D eigenvalue weighted by Gasteiger charge is 2.45. The Morgan fingerprint density at radius 2 is 1.85 bits per heavy atom. The van der Waals surface area contributed by atoms with Crippen molar-refractivity contribution in [3.05, 3.63) is 16.7 Å². The summed E-state index contributed by atoms with van der Waals surface area (Å²) in [5.41, 5.74) is -0.0298. The van der Waals surface area contributed by atoms with Crippen molar-refractivity contribution in [2.75, 3.05) is 21.3 Å². The molecule has 5 nitrogen and oxygen atoms in total. The summed E-state index contributed by atoms with van der Waals surface area (Å²) in [6.45, 7) is 0. The molecule has 6 heteroatoms. The van der Waals surface area contributed by atoms with E-state index in [4.69, 9.17) is 25.8 Å². The van der Waals surface area contributed by atoms with E-state index in [0.29, 0.717) is 27.8 Å². The molecule has 0 bridgehead atoms. The fourth-order valence-corrected chi connectivity index (χ4v) is 2.86. The Bertz CT molecular complexity index is 563. The molecule has 0 N–H and O–H groups in total. The van der Waals surface area contributed by atoms with Gasteiger partial charge in [-0.25, -0.2) is 4.79 Å². The van der Waals surface area contributed by atoms with Gasteiger partial charge in [-0.1, -0.05) is 11.6 Å². The van der Waals surface area contributed by atoms with Crippen molar-refractivity contribution in [1.82, 2.24) is 0 Å². The number of ether oxygens (including phenoxy) is 3. The second-order valence-electron chi connectivity index (χ2n) is 4.59. The van der Waals surface area contributed by atoms with Crippen molar-refractivity contribution in [2.45, 2.75) is 24.8 Å². The number of benzene rings is 1. The maximum atomic E-state index is 10.8. The quantitative estimate of drug-likeness (QED) is 0.619. The van der Waals surface area contributed by atoms with Gasteiger partial charge in [-0.05, 0) is 19.3 Å². The van der Waals surface area contributed by atoms with Crippen LogP contribution in [0.5, 0.6) is 17.2 Å². The van der Waals surface area contributed by atoms with E-state index < -0.39 is 5.54 Å². The molecule has 1 fully saturated rings. The third kappa shape index (κ3) is 2.13. The molecule has 1 aromatic rings. The molecule has 0 spiro atoms. The van der Waals surface area contributed by atoms with Gasteiger partial charge in [0.25, 0.3) is 0 Å². The molecule has 0 atom stereocenters. The standard InChI is InChI=1S/C14H16ClNO4/c1-18-10-7-9(15)12(19-2)11(13(10)20-3)14(16-8-17)5-4-6-14/h7H,4-6H2,1-3H3. The lowest BCUT2D eigenvalue weighted by molar-refractivity contribution is 0.232. The highest BCUT2D eigenvalue weighted by atomic mass is 35.5. The van der Waals surface area contributed by atoms with Crippen LogP contribution in [0.2, 0.25) is 5.02 Å². The normalized spacial score (nSPS) is 15.8. The molecule has 20 heavy (non-hydrogen) atoms. The van der Waals surface area contributed by atoms with Crippen LogP contribution in [0.3, 0.4) is 0 Å². The van der Waals surface area contributed by atoms with Crippen molar-refractivity contribution >= 4 is 17.7 Å². The third-order valence-corrected chi connectivity index (χ3v) is 3.97. The predicted molar refractivity (Wildman–Crippen MR) is 74.8 cm³/mol. The molecule has 1 aromatic carbocycles. The van der Waals surface area contributed by atoms with Gasteiger partial charge in [-0.2, -0.15) is 4.99 Å². The Kier molecular flexibility index (Phi) is 4.21. The Hall–Kier alpha value is -1.71. The lowest BCUT2D eigenvalue weighted by Gasteiger charge is -2.39. The Morgan fingerprint density at radius 1 is 1.20 bits per heavy atom. The first-order valence-corrected chi connectivity index (χ1v) is 6.59. The summed E-state index contributed by atoms with van der Waals surface area (Å²) in [7, 11) is 4.58. The first-order chi connectivity index (χ1) is 9.63. The Morgan fingerprint density at radius 3 is 2.25 bits per heavy atom. The molecule has 2 rings (SSSR count). The maximum Gasteiger partial charge on any atom is 0.235 e. The smallest absolute Gasteiger partial charge is 0.235 e. The summed E-state index contributed by atoms with van der Waals surface area (Å²) in [4.78, 5) is 14.8. The number of halogens is 1. The van der Waals surface area contributed by atoms with Gasteiger partial charge in [0.05, 0.1) is 31.9 Å². The highest BCUT2D eigenvalue weighted by molar-refractivity contribution is 6.32. The largest absolute Gasteiger partial charge is 0.495 e. The zero-order valence-corrected chi connectivity index (χ0v) is 12.4. The minimum absolute atomic E-state index is 0.396. The number of isocyanates is 1. The van der Waals surface area contributed by atoms with Gasteiger partial charge in [0, 0.05) is 6.07 Å². The van der Waals surface area contributed by atoms with Crippen LogP contribution in [0, 0.1) is 0 Å². The van der Waals surface area contributed by atoms with Gasteiger partial charge >= 0.3 is 0 Å². The van der Waals surface area contributed by atoms with Gasteiger partial charge < -0.3 is 14.2 Å². The summed E-state index contributed by atoms with van der Waals surface area (Å²) in [6.07, 6.45) is 4.05. The summed E-state index contributed by atoms with van der Waals surface area (Å²) in [5.74, 6) is 1.44. The lowest BCUT2D eigenvalue weighted by atomic mass is 9.71. The van der Waals surface area contributed by atoms with Crippen LogP contribution in [0.4, 0.5) is 0 Å². The van der Waals surface area contributed by atoms with Crippen LogP contribution in [-0.4, -0.2) is 27.4 Å². The summed E-state index contributed by atoms with van der Waals surface area (Å²) < 4.78 is 16.1. The van der Waals surface area contributed by atoms with Gasteiger partial charge in [0.2, 0.25) is 6.08 Å². The van der Waals surface area contributed by atoms with Gasteiger partial charge in [-0.3, -0.25) is 0 Å². The molecule has 0 heterocycles. The topological polar surface area (TPSA) is 57.1 Å². The molecule has 1 saturated carbocycles. The molecule has 0 radical (unpaired) electrons. The van der Waals surface area contributed by atoms with E-state index in [9.17, 15) is 4.79 Å². The van der Waals surface area contributed by atoms with Crippen molar-refractivity contribution in [3.8, 4) is 17.2 Å². The summed E-state index contributed by atoms with van der Waals surface area (Å²) >= 11 is 6.23. The van der Waals surface area contributed by atoms with Crippen LogP contribution in [0.1, 0.15) is 24.8 Å². The summed E-state index contributed by atoms with van der Waals surface area (Å²) in [6, 6.07) is 1.62. The van der Waals surface area contributed by atoms with Crippen LogP contribution in [0.25, 0.3) is 0 Å². The zero-order chi connectivity index (χ0) is 14.8. The average Bonchev–Trinajstić information content (AvgIpc) is 2.41. The Balaban J connectivity index is 2.77. The van der Waals surface area contributed by atoms with Crippen molar-refractivity contribution < 1.29 is 19.0 Å². The lowest BCUT2D eigenvalue weighted by Crippen LogP contribution is -2.33. The second kappa shape index (κ2) is 5.73. The molecule has 0 aliphatic heterocycles. The fourth-order valence-electron chi connectivity index (χ4n) is 2.59. The van der Waals surface area contributed by atoms with Crippen LogP contribution in [0.15, 0.2) is 11.1 Å². The van der Waals surface area contributed by atoms with Gasteiger partial charge in [0.15, 0.2) is 11.5 Å². The van der Waals surface area contributed by atoms with Gasteiger partial charge in [0.1, 0.15) is 11.3 Å². The first-order valence-electron chi connectivity index (χ1n) is 6.21. The van der Waals surface area contributed by atoms with Crippen LogP contribution in [-0.2, 0) is 10.3 Å². The minimum Gasteiger partial charge on any atom is -0.495 e. The van der Waals surface area contributed by atoms with E-state index >= 15 is 0 Å². The van der Waals surface area contributed by atoms with E-state index in [1.807, 2.05) is 0 Å². The fraction of sp³-hybridized carbons (Fsp3) is 0.500. The van der Waals surface area contributed by atoms with E-state index in [1.54, 1.807) is 12.1 Å². The number of aliphatic imine (C=N–C) groups is 1. The molecular formula is C14H16ClNO4. The first kappa shape index (κ1) is 14.7. The van der Waals surface area contributed by atoms with Gasteiger partial charge in [-0.15, -0.1) is 0 Å². The van der Waals surface area contributed by atoms with Crippen molar-refractivity contribution in [2.24, 2.45) is 4.99 Å². The minimum atomic E-state index is -0.684. The molecular weight excluding hydrogens is 282 g/mol. The van der Waals surface area contributed by atoms with Crippen molar-refractivity contribution in [1.29, 1.82) is 0 Å². The number of methoxy groups -OCH3 is 3. The number of rotatable bonds is 5. The number of nitrogens with zero attached hydrogens (tertiary/aromatic N) is 1. The molecule has 108 valence electrons. The number of hydrogen-bond acceptors (Lipinski definition) is 5. The summed E-state index contributed by atoms with van der Waals surface area (Å²) in [5, 5.41) is 0.396. The maximum absolute atomic E-state index is 10.8. The monoisotopic (exact) mass is 297 g/mol. The molecule has 0 amide bonds. The molecule has 0 saturated heterocycles. The predicted octanol–water partition coefficient (Wildman–Crippen LogP) is 3.08. The molecule has 1 aliphatic carbocycles. The van der Waals surface area contributed by atoms with E-state index in [1.165, 1.54) is 21.3 Å². The number of hydrogen-bond donors (Lipinski definition) is 0. The molecule has 0 aromatic heterocycles. The highest BCUT2D eigenvalue weighted by Crippen LogP contribution is 2.55. The van der Waals surface area contributed by atoms with E-state index in [-0.39, 0.29) is 0 Å². The average molecular weight is 298 g/mol. The molecule has 1 aliphatic rings. The van der Waals surface area contributed by atoms with Crippen LogP contribution >= 0.6 is 11.6 Å². The Labute approximate surface area is 122 Å². The van der Waals surface area contributed by atoms with E-state index in [0.717, 1.165) is 19.3 Å². The zero-order valence-electron chi connectivity index (χ0n) is 11.7. The van der Waals surface area contributed by atoms with E-state index in [2.05, 4.69) is 4.99 Å². The third-order valence-electron chi connectivity index (χ3n) is 3.69. The molecule has 0 unspecified atom stereocenters. The second-order valence-corrected chi connectivity index (χ2v) is 5.00. The van der Waals surface area contributed by atoms with Crippen molar-refractivity contribution in [3.63, 3.8) is 0 Å². The van der Waals surface area contributed by atoms with Crippen LogP contribution < -0.4 is 14.2 Å². The number of carbonyl (C=O) groups excluding carboxylic acids is 1.